The summed E-state index contributed by atoms with van der Waals surface area (Å²) in [5.41, 5.74) is 1.74. The van der Waals surface area contributed by atoms with Gasteiger partial charge in [0, 0.05) is 5.39 Å². The molecule has 0 spiro atoms. The molecule has 0 radical (unpaired) electrons. The third kappa shape index (κ3) is 2.63. The SMILES string of the molecule is Cc1oc2c(C(=O)Nc3c(Cl)cccc3C(=O)O)cccc2c1C. The van der Waals surface area contributed by atoms with Crippen LogP contribution >= 0.6 is 11.6 Å². The van der Waals surface area contributed by atoms with Gasteiger partial charge in [-0.1, -0.05) is 29.8 Å². The molecule has 0 aliphatic rings. The first kappa shape index (κ1) is 16.1. The average molecular weight is 344 g/mol. The summed E-state index contributed by atoms with van der Waals surface area (Å²) >= 11 is 6.05. The van der Waals surface area contributed by atoms with Gasteiger partial charge in [0.05, 0.1) is 21.8 Å². The molecule has 1 aromatic heterocycles. The minimum absolute atomic E-state index is 0.0636. The number of rotatable bonds is 3. The summed E-state index contributed by atoms with van der Waals surface area (Å²) in [7, 11) is 0. The maximum absolute atomic E-state index is 12.7. The van der Waals surface area contributed by atoms with Gasteiger partial charge in [0.25, 0.3) is 5.91 Å². The van der Waals surface area contributed by atoms with Crippen molar-refractivity contribution in [1.82, 2.24) is 0 Å². The Morgan fingerprint density at radius 3 is 2.46 bits per heavy atom. The number of amides is 1. The number of furan rings is 1. The first-order valence-corrected chi connectivity index (χ1v) is 7.60. The molecule has 0 aliphatic carbocycles. The van der Waals surface area contributed by atoms with Gasteiger partial charge in [0.15, 0.2) is 0 Å². The van der Waals surface area contributed by atoms with Gasteiger partial charge in [-0.3, -0.25) is 4.79 Å². The van der Waals surface area contributed by atoms with Crippen molar-refractivity contribution in [3.8, 4) is 0 Å². The number of hydrogen-bond acceptors (Lipinski definition) is 3. The van der Waals surface area contributed by atoms with Crippen molar-refractivity contribution in [3.05, 3.63) is 63.9 Å². The Bertz CT molecular complexity index is 975. The molecule has 5 nitrogen and oxygen atoms in total. The standard InChI is InChI=1S/C18H14ClNO4/c1-9-10(2)24-16-11(9)5-3-7-13(16)17(21)20-15-12(18(22)23)6-4-8-14(15)19/h3-8H,1-2H3,(H,20,21)(H,22,23). The number of aromatic carboxylic acids is 1. The fourth-order valence-electron chi connectivity index (χ4n) is 2.55. The van der Waals surface area contributed by atoms with E-state index in [4.69, 9.17) is 16.0 Å². The fraction of sp³-hybridized carbons (Fsp3) is 0.111. The predicted octanol–water partition coefficient (Wildman–Crippen LogP) is 4.65. The van der Waals surface area contributed by atoms with Crippen LogP contribution in [0.4, 0.5) is 5.69 Å². The molecule has 6 heteroatoms. The number of carboxylic acid groups (broad SMARTS) is 1. The number of para-hydroxylation sites is 2. The van der Waals surface area contributed by atoms with Crippen LogP contribution in [0, 0.1) is 13.8 Å². The zero-order valence-corrected chi connectivity index (χ0v) is 13.8. The van der Waals surface area contributed by atoms with Crippen molar-refractivity contribution in [1.29, 1.82) is 0 Å². The minimum Gasteiger partial charge on any atom is -0.478 e. The molecule has 3 aromatic rings. The summed E-state index contributed by atoms with van der Waals surface area (Å²) in [6.07, 6.45) is 0. The van der Waals surface area contributed by atoms with Gasteiger partial charge in [-0.15, -0.1) is 0 Å². The number of carbonyl (C=O) groups is 2. The molecule has 2 aromatic carbocycles. The van der Waals surface area contributed by atoms with Gasteiger partial charge in [-0.2, -0.15) is 0 Å². The lowest BCUT2D eigenvalue weighted by molar-refractivity contribution is 0.0698. The van der Waals surface area contributed by atoms with Gasteiger partial charge in [0.2, 0.25) is 0 Å². The van der Waals surface area contributed by atoms with Gasteiger partial charge >= 0.3 is 5.97 Å². The topological polar surface area (TPSA) is 79.5 Å². The molecule has 0 bridgehead atoms. The number of fused-ring (bicyclic) bond motifs is 1. The largest absolute Gasteiger partial charge is 0.478 e. The van der Waals surface area contributed by atoms with Crippen LogP contribution in [0.15, 0.2) is 40.8 Å². The Morgan fingerprint density at radius 1 is 1.08 bits per heavy atom. The summed E-state index contributed by atoms with van der Waals surface area (Å²) in [5, 5.41) is 12.8. The van der Waals surface area contributed by atoms with E-state index in [0.717, 1.165) is 16.7 Å². The first-order chi connectivity index (χ1) is 11.4. The van der Waals surface area contributed by atoms with Crippen LogP contribution in [0.5, 0.6) is 0 Å². The van der Waals surface area contributed by atoms with Gasteiger partial charge in [-0.05, 0) is 37.6 Å². The maximum atomic E-state index is 12.7. The Morgan fingerprint density at radius 2 is 1.75 bits per heavy atom. The molecule has 24 heavy (non-hydrogen) atoms. The highest BCUT2D eigenvalue weighted by molar-refractivity contribution is 6.35. The minimum atomic E-state index is -1.17. The Kier molecular flexibility index (Phi) is 4.03. The predicted molar refractivity (Wildman–Crippen MR) is 92.1 cm³/mol. The maximum Gasteiger partial charge on any atom is 0.337 e. The fourth-order valence-corrected chi connectivity index (χ4v) is 2.77. The van der Waals surface area contributed by atoms with Gasteiger partial charge in [-0.25, -0.2) is 4.79 Å². The lowest BCUT2D eigenvalue weighted by Crippen LogP contribution is -2.15. The van der Waals surface area contributed by atoms with Crippen LogP contribution in [-0.2, 0) is 0 Å². The van der Waals surface area contributed by atoms with Crippen molar-refractivity contribution in [2.45, 2.75) is 13.8 Å². The van der Waals surface area contributed by atoms with Crippen LogP contribution in [0.1, 0.15) is 32.0 Å². The molecule has 1 heterocycles. The van der Waals surface area contributed by atoms with Crippen LogP contribution in [-0.4, -0.2) is 17.0 Å². The van der Waals surface area contributed by atoms with Crippen LogP contribution < -0.4 is 5.32 Å². The number of carbonyl (C=O) groups excluding carboxylic acids is 1. The molecule has 0 unspecified atom stereocenters. The van der Waals surface area contributed by atoms with Crippen LogP contribution in [0.3, 0.4) is 0 Å². The van der Waals surface area contributed by atoms with Gasteiger partial charge < -0.3 is 14.8 Å². The zero-order valence-electron chi connectivity index (χ0n) is 13.0. The zero-order chi connectivity index (χ0) is 17.4. The summed E-state index contributed by atoms with van der Waals surface area (Å²) in [4.78, 5) is 24.0. The molecular weight excluding hydrogens is 330 g/mol. The van der Waals surface area contributed by atoms with E-state index >= 15 is 0 Å². The molecule has 0 saturated heterocycles. The number of carboxylic acids is 1. The quantitative estimate of drug-likeness (QED) is 0.725. The summed E-state index contributed by atoms with van der Waals surface area (Å²) in [6.45, 7) is 3.74. The second kappa shape index (κ2) is 6.02. The van der Waals surface area contributed by atoms with E-state index in [9.17, 15) is 14.7 Å². The van der Waals surface area contributed by atoms with E-state index in [1.807, 2.05) is 19.9 Å². The van der Waals surface area contributed by atoms with Crippen molar-refractivity contribution in [2.24, 2.45) is 0 Å². The first-order valence-electron chi connectivity index (χ1n) is 7.22. The van der Waals surface area contributed by atoms with E-state index < -0.39 is 11.9 Å². The van der Waals surface area contributed by atoms with Gasteiger partial charge in [0.1, 0.15) is 11.3 Å². The summed E-state index contributed by atoms with van der Waals surface area (Å²) < 4.78 is 5.69. The van der Waals surface area contributed by atoms with Crippen LogP contribution in [0.25, 0.3) is 11.0 Å². The van der Waals surface area contributed by atoms with E-state index in [1.165, 1.54) is 18.2 Å². The van der Waals surface area contributed by atoms with E-state index in [0.29, 0.717) is 11.1 Å². The average Bonchev–Trinajstić information content (AvgIpc) is 2.84. The molecule has 0 fully saturated rings. The van der Waals surface area contributed by atoms with E-state index in [-0.39, 0.29) is 16.3 Å². The Hall–Kier alpha value is -2.79. The second-order valence-corrected chi connectivity index (χ2v) is 5.79. The van der Waals surface area contributed by atoms with Crippen molar-refractivity contribution < 1.29 is 19.1 Å². The lowest BCUT2D eigenvalue weighted by Gasteiger charge is -2.10. The number of aryl methyl sites for hydroxylation is 2. The van der Waals surface area contributed by atoms with Crippen molar-refractivity contribution >= 4 is 40.1 Å². The third-order valence-electron chi connectivity index (χ3n) is 3.93. The third-order valence-corrected chi connectivity index (χ3v) is 4.24. The number of hydrogen-bond donors (Lipinski definition) is 2. The second-order valence-electron chi connectivity index (χ2n) is 5.39. The number of anilines is 1. The number of nitrogens with one attached hydrogen (secondary N) is 1. The van der Waals surface area contributed by atoms with Crippen LogP contribution in [0.2, 0.25) is 5.02 Å². The van der Waals surface area contributed by atoms with E-state index in [1.54, 1.807) is 12.1 Å². The highest BCUT2D eigenvalue weighted by atomic mass is 35.5. The highest BCUT2D eigenvalue weighted by Crippen LogP contribution is 2.30. The van der Waals surface area contributed by atoms with E-state index in [2.05, 4.69) is 5.32 Å². The Labute approximate surface area is 142 Å². The normalized spacial score (nSPS) is 10.8. The smallest absolute Gasteiger partial charge is 0.337 e. The molecule has 2 N–H and O–H groups in total. The molecule has 1 amide bonds. The summed E-state index contributed by atoms with van der Waals surface area (Å²) in [5.74, 6) is -0.921. The number of halogens is 1. The Balaban J connectivity index is 2.06. The molecule has 0 aliphatic heterocycles. The van der Waals surface area contributed by atoms with Crippen molar-refractivity contribution in [3.63, 3.8) is 0 Å². The highest BCUT2D eigenvalue weighted by Gasteiger charge is 2.20. The summed E-state index contributed by atoms with van der Waals surface area (Å²) in [6, 6.07) is 9.66. The molecule has 0 atom stereocenters. The molecular formula is C18H14ClNO4. The van der Waals surface area contributed by atoms with Crippen molar-refractivity contribution in [2.75, 3.05) is 5.32 Å². The molecule has 0 saturated carbocycles. The number of benzene rings is 2. The molecule has 122 valence electrons. The lowest BCUT2D eigenvalue weighted by atomic mass is 10.1. The molecule has 3 rings (SSSR count). The monoisotopic (exact) mass is 343 g/mol.